The molecule has 4 aliphatic carbocycles. The Balaban J connectivity index is 1.86. The topological polar surface area (TPSA) is 112 Å². The average molecular weight is 423 g/mol. The van der Waals surface area contributed by atoms with Crippen molar-refractivity contribution in [2.45, 2.75) is 110 Å². The second-order valence-corrected chi connectivity index (χ2v) is 11.2. The van der Waals surface area contributed by atoms with Gasteiger partial charge in [0.05, 0.1) is 0 Å². The molecule has 0 unspecified atom stereocenters. The molecule has 30 heavy (non-hydrogen) atoms. The van der Waals surface area contributed by atoms with Crippen LogP contribution in [-0.4, -0.2) is 33.2 Å². The lowest BCUT2D eigenvalue weighted by atomic mass is 9.33. The van der Waals surface area contributed by atoms with Gasteiger partial charge in [-0.25, -0.2) is 0 Å². The summed E-state index contributed by atoms with van der Waals surface area (Å²) in [6.45, 7) is 2.27. The SMILES string of the molecule is CCC12CC3(CCCC(=O)O)CC(CCCC(=O)O)(C1)CC(CCCC(=O)O)(C2)C3. The van der Waals surface area contributed by atoms with Crippen LogP contribution in [0, 0.1) is 21.7 Å². The van der Waals surface area contributed by atoms with Crippen molar-refractivity contribution >= 4 is 17.9 Å². The van der Waals surface area contributed by atoms with E-state index in [2.05, 4.69) is 6.92 Å². The highest BCUT2D eigenvalue weighted by molar-refractivity contribution is 5.67. The summed E-state index contributed by atoms with van der Waals surface area (Å²) in [5, 5.41) is 27.4. The van der Waals surface area contributed by atoms with Gasteiger partial charge in [-0.3, -0.25) is 14.4 Å². The number of hydrogen-bond acceptors (Lipinski definition) is 3. The molecule has 0 aromatic carbocycles. The van der Waals surface area contributed by atoms with Gasteiger partial charge < -0.3 is 15.3 Å². The molecule has 4 rings (SSSR count). The lowest BCUT2D eigenvalue weighted by molar-refractivity contribution is -0.211. The molecule has 6 heteroatoms. The van der Waals surface area contributed by atoms with E-state index in [0.717, 1.165) is 64.2 Å². The summed E-state index contributed by atoms with van der Waals surface area (Å²) in [5.41, 5.74) is 0.691. The molecule has 4 bridgehead atoms. The zero-order valence-corrected chi connectivity index (χ0v) is 18.4. The first kappa shape index (κ1) is 23.1. The normalized spacial score (nSPS) is 36.7. The van der Waals surface area contributed by atoms with Gasteiger partial charge in [-0.2, -0.15) is 0 Å². The largest absolute Gasteiger partial charge is 0.481 e. The monoisotopic (exact) mass is 422 g/mol. The third-order valence-electron chi connectivity index (χ3n) is 8.54. The minimum Gasteiger partial charge on any atom is -0.481 e. The van der Waals surface area contributed by atoms with Crippen LogP contribution in [0.25, 0.3) is 0 Å². The van der Waals surface area contributed by atoms with Crippen molar-refractivity contribution in [3.8, 4) is 0 Å². The van der Waals surface area contributed by atoms with E-state index < -0.39 is 17.9 Å². The molecule has 6 nitrogen and oxygen atoms in total. The molecule has 4 fully saturated rings. The molecule has 0 atom stereocenters. The molecule has 4 aliphatic rings. The van der Waals surface area contributed by atoms with E-state index >= 15 is 0 Å². The Hall–Kier alpha value is -1.59. The highest BCUT2D eigenvalue weighted by Gasteiger charge is 2.66. The molecule has 0 aromatic rings. The van der Waals surface area contributed by atoms with Gasteiger partial charge in [0.25, 0.3) is 0 Å². The summed E-state index contributed by atoms with van der Waals surface area (Å²) in [4.78, 5) is 33.4. The van der Waals surface area contributed by atoms with E-state index in [4.69, 9.17) is 15.3 Å². The van der Waals surface area contributed by atoms with Crippen molar-refractivity contribution < 1.29 is 29.7 Å². The number of carbonyl (C=O) groups is 3. The van der Waals surface area contributed by atoms with Crippen molar-refractivity contribution in [2.24, 2.45) is 21.7 Å². The van der Waals surface area contributed by atoms with Crippen LogP contribution in [0.4, 0.5) is 0 Å². The van der Waals surface area contributed by atoms with E-state index in [1.54, 1.807) is 0 Å². The smallest absolute Gasteiger partial charge is 0.303 e. The highest BCUT2D eigenvalue weighted by atomic mass is 16.4. The Labute approximate surface area is 179 Å². The van der Waals surface area contributed by atoms with Crippen LogP contribution in [0.5, 0.6) is 0 Å². The van der Waals surface area contributed by atoms with Gasteiger partial charge in [-0.15, -0.1) is 0 Å². The van der Waals surface area contributed by atoms with Gasteiger partial charge in [0.15, 0.2) is 0 Å². The second kappa shape index (κ2) is 8.51. The van der Waals surface area contributed by atoms with Gasteiger partial charge in [0.2, 0.25) is 0 Å². The summed E-state index contributed by atoms with van der Waals surface area (Å²) in [5.74, 6) is -2.22. The molecule has 0 aliphatic heterocycles. The molecular formula is C24H38O6. The minimum absolute atomic E-state index is 0.145. The molecule has 3 N–H and O–H groups in total. The van der Waals surface area contributed by atoms with Crippen LogP contribution >= 0.6 is 0 Å². The Morgan fingerprint density at radius 1 is 0.567 bits per heavy atom. The van der Waals surface area contributed by atoms with E-state index in [0.29, 0.717) is 19.3 Å². The summed E-state index contributed by atoms with van der Waals surface area (Å²) in [6.07, 6.45) is 13.4. The lowest BCUT2D eigenvalue weighted by Gasteiger charge is -2.72. The molecule has 0 aromatic heterocycles. The first-order valence-corrected chi connectivity index (χ1v) is 11.7. The van der Waals surface area contributed by atoms with Crippen molar-refractivity contribution in [1.82, 2.24) is 0 Å². The molecule has 0 saturated heterocycles. The van der Waals surface area contributed by atoms with Crippen molar-refractivity contribution in [1.29, 1.82) is 0 Å². The van der Waals surface area contributed by atoms with Crippen LogP contribution in [0.3, 0.4) is 0 Å². The van der Waals surface area contributed by atoms with E-state index in [1.807, 2.05) is 0 Å². The maximum atomic E-state index is 11.1. The van der Waals surface area contributed by atoms with Crippen LogP contribution in [0.15, 0.2) is 0 Å². The van der Waals surface area contributed by atoms with Crippen LogP contribution in [-0.2, 0) is 14.4 Å². The van der Waals surface area contributed by atoms with Gasteiger partial charge in [0.1, 0.15) is 0 Å². The fourth-order valence-corrected chi connectivity index (χ4v) is 8.54. The summed E-state index contributed by atoms with van der Waals surface area (Å²) >= 11 is 0. The van der Waals surface area contributed by atoms with E-state index in [9.17, 15) is 14.4 Å². The predicted octanol–water partition coefficient (Wildman–Crippen LogP) is 5.49. The fourth-order valence-electron chi connectivity index (χ4n) is 8.54. The molecule has 0 spiro atoms. The summed E-state index contributed by atoms with van der Waals surface area (Å²) in [6, 6.07) is 0. The number of rotatable bonds is 13. The molecule has 0 amide bonds. The van der Waals surface area contributed by atoms with Gasteiger partial charge in [0, 0.05) is 19.3 Å². The standard InChI is InChI=1S/C24H38O6/c1-2-21-12-22(9-3-6-18(25)26)15-23(13-21,10-4-7-19(27)28)17-24(14-21,16-22)11-5-8-20(29)30/h2-17H2,1H3,(H,25,26)(H,27,28)(H,29,30). The lowest BCUT2D eigenvalue weighted by Crippen LogP contribution is -2.61. The molecule has 0 radical (unpaired) electrons. The van der Waals surface area contributed by atoms with Crippen molar-refractivity contribution in [3.63, 3.8) is 0 Å². The quantitative estimate of drug-likeness (QED) is 0.362. The van der Waals surface area contributed by atoms with E-state index in [-0.39, 0.29) is 40.9 Å². The fraction of sp³-hybridized carbons (Fsp3) is 0.875. The second-order valence-electron chi connectivity index (χ2n) is 11.2. The highest BCUT2D eigenvalue weighted by Crippen LogP contribution is 2.77. The van der Waals surface area contributed by atoms with Crippen LogP contribution < -0.4 is 0 Å². The Morgan fingerprint density at radius 3 is 1.07 bits per heavy atom. The van der Waals surface area contributed by atoms with E-state index in [1.165, 1.54) is 0 Å². The van der Waals surface area contributed by atoms with Gasteiger partial charge >= 0.3 is 17.9 Å². The minimum atomic E-state index is -0.739. The maximum Gasteiger partial charge on any atom is 0.303 e. The van der Waals surface area contributed by atoms with Crippen molar-refractivity contribution in [3.05, 3.63) is 0 Å². The molecule has 170 valence electrons. The molecular weight excluding hydrogens is 384 g/mol. The number of hydrogen-bond donors (Lipinski definition) is 3. The number of carboxylic acids is 3. The maximum absolute atomic E-state index is 11.1. The van der Waals surface area contributed by atoms with Crippen molar-refractivity contribution in [2.75, 3.05) is 0 Å². The molecule has 0 heterocycles. The zero-order chi connectivity index (χ0) is 22.0. The van der Waals surface area contributed by atoms with Crippen LogP contribution in [0.1, 0.15) is 110 Å². The summed E-state index contributed by atoms with van der Waals surface area (Å²) in [7, 11) is 0. The average Bonchev–Trinajstić information content (AvgIpc) is 2.59. The van der Waals surface area contributed by atoms with Gasteiger partial charge in [-0.1, -0.05) is 13.3 Å². The summed E-state index contributed by atoms with van der Waals surface area (Å²) < 4.78 is 0. The van der Waals surface area contributed by atoms with Crippen LogP contribution in [0.2, 0.25) is 0 Å². The molecule has 4 saturated carbocycles. The number of aliphatic carboxylic acids is 3. The first-order chi connectivity index (χ1) is 14.1. The first-order valence-electron chi connectivity index (χ1n) is 11.7. The third-order valence-corrected chi connectivity index (χ3v) is 8.54. The third kappa shape index (κ3) is 5.00. The predicted molar refractivity (Wildman–Crippen MR) is 112 cm³/mol. The Bertz CT molecular complexity index is 587. The number of carboxylic acid groups (broad SMARTS) is 3. The Kier molecular flexibility index (Phi) is 6.54. The van der Waals surface area contributed by atoms with Gasteiger partial charge in [-0.05, 0) is 98.7 Å². The Morgan fingerprint density at radius 2 is 0.833 bits per heavy atom. The zero-order valence-electron chi connectivity index (χ0n) is 18.4.